The number of carbonyl (C=O) groups excluding carboxylic acids is 1. The molecule has 1 amide bonds. The summed E-state index contributed by atoms with van der Waals surface area (Å²) in [6, 6.07) is 3.47. The summed E-state index contributed by atoms with van der Waals surface area (Å²) in [7, 11) is -3.37. The SMILES string of the molecule is O=C(Cc1ccc(S(=O)(=O)N2CCCC2)s1)N1CCC2(CCNC2)CC1. The molecule has 1 spiro atoms. The molecule has 26 heavy (non-hydrogen) atoms. The van der Waals surface area contributed by atoms with Gasteiger partial charge in [0.05, 0.1) is 6.42 Å². The Labute approximate surface area is 159 Å². The number of nitrogens with one attached hydrogen (secondary N) is 1. The zero-order chi connectivity index (χ0) is 18.2. The zero-order valence-electron chi connectivity index (χ0n) is 15.1. The number of sulfonamides is 1. The van der Waals surface area contributed by atoms with Crippen molar-refractivity contribution in [2.75, 3.05) is 39.3 Å². The lowest BCUT2D eigenvalue weighted by molar-refractivity contribution is -0.132. The van der Waals surface area contributed by atoms with E-state index in [-0.39, 0.29) is 5.91 Å². The van der Waals surface area contributed by atoms with Crippen LogP contribution in [0.3, 0.4) is 0 Å². The van der Waals surface area contributed by atoms with Gasteiger partial charge in [0.15, 0.2) is 0 Å². The molecule has 144 valence electrons. The van der Waals surface area contributed by atoms with E-state index >= 15 is 0 Å². The molecule has 0 unspecified atom stereocenters. The maximum Gasteiger partial charge on any atom is 0.252 e. The molecule has 3 fully saturated rings. The Balaban J connectivity index is 1.36. The maximum atomic E-state index is 12.6. The summed E-state index contributed by atoms with van der Waals surface area (Å²) >= 11 is 1.25. The lowest BCUT2D eigenvalue weighted by Crippen LogP contribution is -2.44. The third-order valence-electron chi connectivity index (χ3n) is 6.13. The monoisotopic (exact) mass is 397 g/mol. The molecule has 1 aromatic heterocycles. The van der Waals surface area contributed by atoms with Gasteiger partial charge in [-0.25, -0.2) is 8.42 Å². The van der Waals surface area contributed by atoms with Crippen LogP contribution in [0.2, 0.25) is 0 Å². The van der Waals surface area contributed by atoms with Gasteiger partial charge in [-0.05, 0) is 56.2 Å². The second-order valence-electron chi connectivity index (χ2n) is 7.82. The number of rotatable bonds is 4. The Hall–Kier alpha value is -0.960. The number of piperidine rings is 1. The highest BCUT2D eigenvalue weighted by Gasteiger charge is 2.38. The highest BCUT2D eigenvalue weighted by atomic mass is 32.2. The number of hydrogen-bond donors (Lipinski definition) is 1. The van der Waals surface area contributed by atoms with Crippen molar-refractivity contribution in [1.29, 1.82) is 0 Å². The van der Waals surface area contributed by atoms with Crippen LogP contribution >= 0.6 is 11.3 Å². The average molecular weight is 398 g/mol. The maximum absolute atomic E-state index is 12.6. The first kappa shape index (κ1) is 18.4. The van der Waals surface area contributed by atoms with Gasteiger partial charge in [-0.1, -0.05) is 0 Å². The van der Waals surface area contributed by atoms with Crippen molar-refractivity contribution >= 4 is 27.3 Å². The lowest BCUT2D eigenvalue weighted by Gasteiger charge is -2.38. The second-order valence-corrected chi connectivity index (χ2v) is 11.1. The molecule has 3 aliphatic heterocycles. The molecule has 3 aliphatic rings. The summed E-state index contributed by atoms with van der Waals surface area (Å²) in [4.78, 5) is 15.4. The van der Waals surface area contributed by atoms with E-state index < -0.39 is 10.0 Å². The third-order valence-corrected chi connectivity index (χ3v) is 9.58. The van der Waals surface area contributed by atoms with Crippen LogP contribution in [0.25, 0.3) is 0 Å². The van der Waals surface area contributed by atoms with Crippen molar-refractivity contribution in [3.63, 3.8) is 0 Å². The van der Waals surface area contributed by atoms with Gasteiger partial charge in [-0.2, -0.15) is 4.31 Å². The number of thiophene rings is 1. The fourth-order valence-electron chi connectivity index (χ4n) is 4.36. The first-order valence-corrected chi connectivity index (χ1v) is 11.8. The molecule has 0 aromatic carbocycles. The van der Waals surface area contributed by atoms with Crippen molar-refractivity contribution in [1.82, 2.24) is 14.5 Å². The number of carbonyl (C=O) groups is 1. The minimum Gasteiger partial charge on any atom is -0.342 e. The fourth-order valence-corrected chi connectivity index (χ4v) is 7.38. The second kappa shape index (κ2) is 7.22. The average Bonchev–Trinajstić information content (AvgIpc) is 3.37. The Bertz CT molecular complexity index is 752. The van der Waals surface area contributed by atoms with Crippen LogP contribution in [0.15, 0.2) is 16.3 Å². The fraction of sp³-hybridized carbons (Fsp3) is 0.722. The zero-order valence-corrected chi connectivity index (χ0v) is 16.7. The van der Waals surface area contributed by atoms with Crippen molar-refractivity contribution < 1.29 is 13.2 Å². The van der Waals surface area contributed by atoms with Gasteiger partial charge < -0.3 is 10.2 Å². The van der Waals surface area contributed by atoms with Gasteiger partial charge in [0.2, 0.25) is 5.91 Å². The van der Waals surface area contributed by atoms with Crippen LogP contribution in [0.1, 0.15) is 37.0 Å². The van der Waals surface area contributed by atoms with Crippen molar-refractivity contribution in [2.45, 2.75) is 42.7 Å². The molecular weight excluding hydrogens is 370 g/mol. The van der Waals surface area contributed by atoms with E-state index in [2.05, 4.69) is 5.32 Å². The van der Waals surface area contributed by atoms with E-state index in [1.807, 2.05) is 4.90 Å². The van der Waals surface area contributed by atoms with Crippen LogP contribution < -0.4 is 5.32 Å². The standard InChI is InChI=1S/C18H27N3O3S2/c22-16(20-11-6-18(7-12-20)5-8-19-14-18)13-15-3-4-17(25-15)26(23,24)21-9-1-2-10-21/h3-4,19H,1-2,5-14H2. The summed E-state index contributed by atoms with van der Waals surface area (Å²) < 4.78 is 27.2. The van der Waals surface area contributed by atoms with E-state index in [0.717, 1.165) is 56.7 Å². The Morgan fingerprint density at radius 1 is 1.12 bits per heavy atom. The molecule has 0 aliphatic carbocycles. The molecule has 0 radical (unpaired) electrons. The molecule has 4 rings (SSSR count). The van der Waals surface area contributed by atoms with E-state index in [1.165, 1.54) is 17.8 Å². The van der Waals surface area contributed by atoms with Crippen LogP contribution in [0.5, 0.6) is 0 Å². The van der Waals surface area contributed by atoms with E-state index in [1.54, 1.807) is 16.4 Å². The minimum atomic E-state index is -3.37. The minimum absolute atomic E-state index is 0.123. The van der Waals surface area contributed by atoms with Gasteiger partial charge in [0.1, 0.15) is 4.21 Å². The molecule has 1 N–H and O–H groups in total. The Morgan fingerprint density at radius 3 is 2.50 bits per heavy atom. The predicted octanol–water partition coefficient (Wildman–Crippen LogP) is 1.68. The van der Waals surface area contributed by atoms with Crippen LogP contribution in [0, 0.1) is 5.41 Å². The van der Waals surface area contributed by atoms with Crippen molar-refractivity contribution in [3.8, 4) is 0 Å². The molecule has 3 saturated heterocycles. The molecule has 0 bridgehead atoms. The van der Waals surface area contributed by atoms with Gasteiger partial charge in [0, 0.05) is 37.6 Å². The molecule has 8 heteroatoms. The highest BCUT2D eigenvalue weighted by Crippen LogP contribution is 2.37. The Kier molecular flexibility index (Phi) is 5.11. The van der Waals surface area contributed by atoms with E-state index in [9.17, 15) is 13.2 Å². The Morgan fingerprint density at radius 2 is 1.85 bits per heavy atom. The van der Waals surface area contributed by atoms with Crippen molar-refractivity contribution in [2.24, 2.45) is 5.41 Å². The van der Waals surface area contributed by atoms with Crippen LogP contribution in [0.4, 0.5) is 0 Å². The van der Waals surface area contributed by atoms with Gasteiger partial charge >= 0.3 is 0 Å². The van der Waals surface area contributed by atoms with E-state index in [4.69, 9.17) is 0 Å². The van der Waals surface area contributed by atoms with Gasteiger partial charge in [-0.3, -0.25) is 4.79 Å². The van der Waals surface area contributed by atoms with Crippen LogP contribution in [-0.2, 0) is 21.2 Å². The van der Waals surface area contributed by atoms with Gasteiger partial charge in [-0.15, -0.1) is 11.3 Å². The molecule has 6 nitrogen and oxygen atoms in total. The lowest BCUT2D eigenvalue weighted by atomic mass is 9.78. The summed E-state index contributed by atoms with van der Waals surface area (Å²) in [5, 5.41) is 3.44. The predicted molar refractivity (Wildman–Crippen MR) is 102 cm³/mol. The smallest absolute Gasteiger partial charge is 0.252 e. The highest BCUT2D eigenvalue weighted by molar-refractivity contribution is 7.91. The van der Waals surface area contributed by atoms with E-state index in [0.29, 0.717) is 29.1 Å². The first-order valence-electron chi connectivity index (χ1n) is 9.56. The summed E-state index contributed by atoms with van der Waals surface area (Å²) in [6.07, 6.45) is 5.54. The number of hydrogen-bond acceptors (Lipinski definition) is 5. The molecule has 0 atom stereocenters. The number of nitrogens with zero attached hydrogens (tertiary/aromatic N) is 2. The van der Waals surface area contributed by atoms with Crippen LogP contribution in [-0.4, -0.2) is 62.8 Å². The molecule has 4 heterocycles. The van der Waals surface area contributed by atoms with Gasteiger partial charge in [0.25, 0.3) is 10.0 Å². The normalized spacial score (nSPS) is 23.8. The summed E-state index contributed by atoms with van der Waals surface area (Å²) in [5.41, 5.74) is 0.399. The first-order chi connectivity index (χ1) is 12.5. The van der Waals surface area contributed by atoms with Crippen molar-refractivity contribution in [3.05, 3.63) is 17.0 Å². The topological polar surface area (TPSA) is 69.7 Å². The molecular formula is C18H27N3O3S2. The largest absolute Gasteiger partial charge is 0.342 e. The summed E-state index contributed by atoms with van der Waals surface area (Å²) in [5.74, 6) is 0.123. The molecule has 0 saturated carbocycles. The number of amides is 1. The summed E-state index contributed by atoms with van der Waals surface area (Å²) in [6.45, 7) is 5.04. The molecule has 1 aromatic rings. The third kappa shape index (κ3) is 3.56. The number of likely N-dealkylation sites (tertiary alicyclic amines) is 1. The quantitative estimate of drug-likeness (QED) is 0.839.